The maximum absolute atomic E-state index is 13.5. The fourth-order valence-electron chi connectivity index (χ4n) is 5.28. The molecule has 246 valence electrons. The third kappa shape index (κ3) is 8.34. The summed E-state index contributed by atoms with van der Waals surface area (Å²) in [5, 5.41) is 5.72. The van der Waals surface area contributed by atoms with Crippen molar-refractivity contribution in [2.24, 2.45) is 0 Å². The minimum absolute atomic E-state index is 0.102. The fourth-order valence-corrected chi connectivity index (χ4v) is 5.28. The van der Waals surface area contributed by atoms with E-state index in [9.17, 15) is 24.0 Å². The van der Waals surface area contributed by atoms with E-state index in [-0.39, 0.29) is 44.1 Å². The average molecular weight is 644 g/mol. The molecule has 0 aliphatic carbocycles. The summed E-state index contributed by atoms with van der Waals surface area (Å²) in [7, 11) is 1.54. The number of carbonyl (C=O) groups is 3. The predicted molar refractivity (Wildman–Crippen MR) is 172 cm³/mol. The van der Waals surface area contributed by atoms with Gasteiger partial charge in [0.05, 0.1) is 20.3 Å². The van der Waals surface area contributed by atoms with Gasteiger partial charge < -0.3 is 29.6 Å². The molecular weight excluding hydrogens is 606 g/mol. The summed E-state index contributed by atoms with van der Waals surface area (Å²) < 4.78 is 14.6. The van der Waals surface area contributed by atoms with Crippen molar-refractivity contribution in [3.05, 3.63) is 99.1 Å². The molecule has 4 aromatic rings. The first-order valence-electron chi connectivity index (χ1n) is 15.2. The minimum atomic E-state index is -0.917. The summed E-state index contributed by atoms with van der Waals surface area (Å²) in [6.07, 6.45) is 5.36. The maximum atomic E-state index is 13.5. The molecule has 14 nitrogen and oxygen atoms in total. The van der Waals surface area contributed by atoms with E-state index in [2.05, 4.69) is 20.6 Å². The number of amides is 3. The predicted octanol–water partition coefficient (Wildman–Crippen LogP) is 0.872. The number of methoxy groups -OCH3 is 1. The molecule has 2 bridgehead atoms. The molecule has 1 aliphatic heterocycles. The molecule has 0 radical (unpaired) electrons. The van der Waals surface area contributed by atoms with Crippen LogP contribution in [0.25, 0.3) is 11.4 Å². The largest absolute Gasteiger partial charge is 0.493 e. The van der Waals surface area contributed by atoms with Gasteiger partial charge in [-0.3, -0.25) is 28.7 Å². The van der Waals surface area contributed by atoms with Crippen LogP contribution in [0.4, 0.5) is 0 Å². The molecule has 3 heterocycles. The Bertz CT molecular complexity index is 1850. The molecule has 0 fully saturated rings. The Morgan fingerprint density at radius 2 is 1.89 bits per heavy atom. The quantitative estimate of drug-likeness (QED) is 0.288. The van der Waals surface area contributed by atoms with E-state index < -0.39 is 35.6 Å². The zero-order chi connectivity index (χ0) is 33.3. The first kappa shape index (κ1) is 32.7. The molecule has 0 spiro atoms. The summed E-state index contributed by atoms with van der Waals surface area (Å²) >= 11 is 0. The first-order chi connectivity index (χ1) is 22.7. The topological polar surface area (TPSA) is 170 Å². The van der Waals surface area contributed by atoms with Gasteiger partial charge in [0.25, 0.3) is 5.56 Å². The van der Waals surface area contributed by atoms with Crippen LogP contribution >= 0.6 is 0 Å². The molecule has 0 saturated heterocycles. The number of benzene rings is 2. The van der Waals surface area contributed by atoms with Crippen LogP contribution in [0.1, 0.15) is 17.5 Å². The Hall–Kier alpha value is -5.66. The van der Waals surface area contributed by atoms with Crippen LogP contribution in [0, 0.1) is 6.92 Å². The van der Waals surface area contributed by atoms with Crippen molar-refractivity contribution >= 4 is 17.7 Å². The summed E-state index contributed by atoms with van der Waals surface area (Å²) in [5.41, 5.74) is 0.607. The van der Waals surface area contributed by atoms with E-state index in [1.807, 2.05) is 53.2 Å². The zero-order valence-corrected chi connectivity index (χ0v) is 26.2. The van der Waals surface area contributed by atoms with E-state index in [0.29, 0.717) is 30.3 Å². The second-order valence-corrected chi connectivity index (χ2v) is 11.1. The standard InChI is InChI=1S/C33H37N7O7/c1-22-19-40(33(45)37-31(22)43)21-29(42)39-13-6-16-47-27-18-24(9-10-26(27)46-2)30-34-11-14-38(30)15-12-35-32(44)25(36-28(41)20-39)17-23-7-4-3-5-8-23/h3-5,7-11,14,18-19,25H,6,12-13,15-17,20-21H2,1-2H3,(H,35,44)(H,36,41)(H,37,43,45)/t25-/m0/s1. The van der Waals surface area contributed by atoms with Gasteiger partial charge in [-0.25, -0.2) is 9.78 Å². The van der Waals surface area contributed by atoms with Gasteiger partial charge in [-0.15, -0.1) is 0 Å². The van der Waals surface area contributed by atoms with Crippen LogP contribution in [0.5, 0.6) is 11.5 Å². The molecular formula is C33H37N7O7. The van der Waals surface area contributed by atoms with Gasteiger partial charge in [0.2, 0.25) is 17.7 Å². The van der Waals surface area contributed by atoms with Gasteiger partial charge in [-0.05, 0) is 37.1 Å². The Balaban J connectivity index is 1.43. The molecule has 3 N–H and O–H groups in total. The number of aromatic nitrogens is 4. The highest BCUT2D eigenvalue weighted by atomic mass is 16.5. The number of ether oxygens (including phenoxy) is 2. The monoisotopic (exact) mass is 643 g/mol. The van der Waals surface area contributed by atoms with Crippen molar-refractivity contribution in [2.45, 2.75) is 38.9 Å². The van der Waals surface area contributed by atoms with Crippen molar-refractivity contribution in [3.8, 4) is 22.9 Å². The van der Waals surface area contributed by atoms with Gasteiger partial charge in [-0.1, -0.05) is 30.3 Å². The van der Waals surface area contributed by atoms with Gasteiger partial charge in [0.1, 0.15) is 18.4 Å². The van der Waals surface area contributed by atoms with Gasteiger partial charge in [0.15, 0.2) is 11.5 Å². The molecule has 3 amide bonds. The Kier molecular flexibility index (Phi) is 10.5. The molecule has 2 aromatic carbocycles. The van der Waals surface area contributed by atoms with Crippen LogP contribution in [-0.2, 0) is 33.9 Å². The van der Waals surface area contributed by atoms with E-state index in [0.717, 1.165) is 15.7 Å². The third-order valence-electron chi connectivity index (χ3n) is 7.74. The fraction of sp³-hybridized carbons (Fsp3) is 0.333. The van der Waals surface area contributed by atoms with Crippen LogP contribution in [0.15, 0.2) is 76.7 Å². The minimum Gasteiger partial charge on any atom is -0.493 e. The van der Waals surface area contributed by atoms with E-state index in [1.165, 1.54) is 25.1 Å². The number of nitrogens with one attached hydrogen (secondary N) is 3. The first-order valence-corrected chi connectivity index (χ1v) is 15.2. The third-order valence-corrected chi connectivity index (χ3v) is 7.74. The number of aryl methyl sites for hydroxylation is 1. The van der Waals surface area contributed by atoms with E-state index in [4.69, 9.17) is 9.47 Å². The molecule has 14 heteroatoms. The number of H-pyrrole nitrogens is 1. The molecule has 1 aliphatic rings. The number of rotatable bonds is 5. The Morgan fingerprint density at radius 3 is 2.68 bits per heavy atom. The smallest absolute Gasteiger partial charge is 0.328 e. The number of fused-ring (bicyclic) bond motifs is 4. The lowest BCUT2D eigenvalue weighted by Crippen LogP contribution is -2.52. The van der Waals surface area contributed by atoms with Crippen molar-refractivity contribution in [1.82, 2.24) is 34.6 Å². The van der Waals surface area contributed by atoms with Crippen LogP contribution in [-0.4, -0.2) is 81.1 Å². The number of imidazole rings is 1. The molecule has 0 unspecified atom stereocenters. The van der Waals surface area contributed by atoms with Crippen molar-refractivity contribution in [2.75, 3.05) is 33.4 Å². The summed E-state index contributed by atoms with van der Waals surface area (Å²) in [5.74, 6) is 0.206. The Labute approximate surface area is 270 Å². The number of aromatic amines is 1. The second kappa shape index (κ2) is 15.1. The van der Waals surface area contributed by atoms with E-state index >= 15 is 0 Å². The second-order valence-electron chi connectivity index (χ2n) is 11.1. The van der Waals surface area contributed by atoms with E-state index in [1.54, 1.807) is 12.3 Å². The summed E-state index contributed by atoms with van der Waals surface area (Å²) in [6.45, 7) is 1.71. The van der Waals surface area contributed by atoms with Crippen LogP contribution in [0.2, 0.25) is 0 Å². The number of hydrogen-bond acceptors (Lipinski definition) is 8. The molecule has 0 saturated carbocycles. The van der Waals surface area contributed by atoms with Crippen LogP contribution < -0.4 is 31.4 Å². The highest BCUT2D eigenvalue weighted by Crippen LogP contribution is 2.32. The number of carbonyl (C=O) groups excluding carboxylic acids is 3. The highest BCUT2D eigenvalue weighted by molar-refractivity contribution is 5.90. The van der Waals surface area contributed by atoms with Crippen molar-refractivity contribution < 1.29 is 23.9 Å². The highest BCUT2D eigenvalue weighted by Gasteiger charge is 2.25. The van der Waals surface area contributed by atoms with Crippen molar-refractivity contribution in [1.29, 1.82) is 0 Å². The number of hydrogen-bond donors (Lipinski definition) is 3. The maximum Gasteiger partial charge on any atom is 0.328 e. The molecule has 5 rings (SSSR count). The Morgan fingerprint density at radius 1 is 1.09 bits per heavy atom. The van der Waals surface area contributed by atoms with Crippen molar-refractivity contribution in [3.63, 3.8) is 0 Å². The zero-order valence-electron chi connectivity index (χ0n) is 26.2. The average Bonchev–Trinajstić information content (AvgIpc) is 3.53. The van der Waals surface area contributed by atoms with Gasteiger partial charge in [-0.2, -0.15) is 0 Å². The normalized spacial score (nSPS) is 16.1. The molecule has 2 aromatic heterocycles. The lowest BCUT2D eigenvalue weighted by atomic mass is 10.1. The van der Waals surface area contributed by atoms with Gasteiger partial charge >= 0.3 is 5.69 Å². The molecule has 47 heavy (non-hydrogen) atoms. The van der Waals surface area contributed by atoms with Crippen LogP contribution in [0.3, 0.4) is 0 Å². The lowest BCUT2D eigenvalue weighted by molar-refractivity contribution is -0.137. The summed E-state index contributed by atoms with van der Waals surface area (Å²) in [6, 6.07) is 13.8. The summed E-state index contributed by atoms with van der Waals surface area (Å²) in [4.78, 5) is 72.6. The lowest BCUT2D eigenvalue weighted by Gasteiger charge is -2.25. The SMILES string of the molecule is COc1ccc2cc1OCCCN(C(=O)Cn1cc(C)c(=O)[nH]c1=O)CC(=O)N[C@@H](Cc1ccccc1)C(=O)NCCn1ccnc1-2. The number of nitrogens with zero attached hydrogens (tertiary/aromatic N) is 4. The van der Waals surface area contributed by atoms with Gasteiger partial charge in [0, 0.05) is 55.8 Å². The molecule has 1 atom stereocenters.